The van der Waals surface area contributed by atoms with Gasteiger partial charge in [-0.2, -0.15) is 23.5 Å². The Balaban J connectivity index is 1.66. The van der Waals surface area contributed by atoms with Crippen molar-refractivity contribution < 1.29 is 19.4 Å². The van der Waals surface area contributed by atoms with Crippen LogP contribution in [0.2, 0.25) is 0 Å². The summed E-state index contributed by atoms with van der Waals surface area (Å²) in [6.45, 7) is 1.60. The fourth-order valence-corrected chi connectivity index (χ4v) is 6.75. The zero-order valence-electron chi connectivity index (χ0n) is 14.3. The first-order chi connectivity index (χ1) is 12.1. The molecule has 0 aliphatic carbocycles. The number of rotatable bonds is 3. The third-order valence-corrected chi connectivity index (χ3v) is 8.07. The molecule has 0 amide bonds. The van der Waals surface area contributed by atoms with Crippen LogP contribution in [-0.2, 0) is 4.79 Å². The van der Waals surface area contributed by atoms with Crippen molar-refractivity contribution in [2.24, 2.45) is 5.41 Å². The van der Waals surface area contributed by atoms with E-state index < -0.39 is 11.4 Å². The van der Waals surface area contributed by atoms with Crippen molar-refractivity contribution in [3.8, 4) is 11.5 Å². The molecular formula is C18H23NO4S2. The summed E-state index contributed by atoms with van der Waals surface area (Å²) < 4.78 is 11.2. The van der Waals surface area contributed by atoms with Crippen LogP contribution >= 0.6 is 23.5 Å². The number of carbonyl (C=O) groups is 1. The molecule has 2 fully saturated rings. The van der Waals surface area contributed by atoms with Gasteiger partial charge in [0.25, 0.3) is 0 Å². The smallest absolute Gasteiger partial charge is 0.315 e. The van der Waals surface area contributed by atoms with Gasteiger partial charge in [-0.25, -0.2) is 0 Å². The largest absolute Gasteiger partial charge is 0.497 e. The van der Waals surface area contributed by atoms with E-state index in [1.165, 1.54) is 11.5 Å². The minimum absolute atomic E-state index is 0.0297. The molecule has 5 nitrogen and oxygen atoms in total. The number of hydrogen-bond donors (Lipinski definition) is 1. The fourth-order valence-electron chi connectivity index (χ4n) is 4.12. The Kier molecular flexibility index (Phi) is 4.81. The van der Waals surface area contributed by atoms with Crippen LogP contribution in [0.15, 0.2) is 18.2 Å². The first-order valence-corrected chi connectivity index (χ1v) is 10.9. The predicted molar refractivity (Wildman–Crippen MR) is 101 cm³/mol. The van der Waals surface area contributed by atoms with Gasteiger partial charge in [0.2, 0.25) is 0 Å². The number of likely N-dealkylation sites (tertiary alicyclic amines) is 1. The van der Waals surface area contributed by atoms with Crippen LogP contribution in [0.1, 0.15) is 11.5 Å². The number of fused-ring (bicyclic) bond motifs is 3. The van der Waals surface area contributed by atoms with Crippen LogP contribution in [0.3, 0.4) is 0 Å². The lowest BCUT2D eigenvalue weighted by molar-refractivity contribution is -0.151. The highest BCUT2D eigenvalue weighted by atomic mass is 32.2. The molecule has 7 heteroatoms. The summed E-state index contributed by atoms with van der Waals surface area (Å²) in [4.78, 5) is 14.6. The predicted octanol–water partition coefficient (Wildman–Crippen LogP) is 2.41. The second-order valence-corrected chi connectivity index (χ2v) is 9.24. The third kappa shape index (κ3) is 3.00. The minimum atomic E-state index is -0.844. The van der Waals surface area contributed by atoms with Crippen LogP contribution < -0.4 is 9.47 Å². The Morgan fingerprint density at radius 3 is 2.80 bits per heavy atom. The molecule has 1 unspecified atom stereocenters. The summed E-state index contributed by atoms with van der Waals surface area (Å²) >= 11 is 3.97. The van der Waals surface area contributed by atoms with Crippen molar-refractivity contribution >= 4 is 29.5 Å². The van der Waals surface area contributed by atoms with E-state index in [1.54, 1.807) is 7.11 Å². The Hall–Kier alpha value is -1.05. The first kappa shape index (κ1) is 17.4. The van der Waals surface area contributed by atoms with Crippen molar-refractivity contribution in [2.75, 3.05) is 49.8 Å². The number of benzene rings is 1. The van der Waals surface area contributed by atoms with Crippen molar-refractivity contribution in [2.45, 2.75) is 12.0 Å². The van der Waals surface area contributed by atoms with E-state index in [0.29, 0.717) is 12.6 Å². The molecule has 0 radical (unpaired) electrons. The quantitative estimate of drug-likeness (QED) is 0.863. The molecule has 3 aliphatic heterocycles. The molecular weight excluding hydrogens is 358 g/mol. The lowest BCUT2D eigenvalue weighted by atomic mass is 9.73. The molecule has 1 aromatic rings. The van der Waals surface area contributed by atoms with Gasteiger partial charge >= 0.3 is 5.97 Å². The molecule has 3 aliphatic rings. The molecule has 0 aromatic heterocycles. The van der Waals surface area contributed by atoms with E-state index in [0.717, 1.165) is 35.1 Å². The number of hydrogen-bond acceptors (Lipinski definition) is 6. The van der Waals surface area contributed by atoms with Crippen molar-refractivity contribution in [3.63, 3.8) is 0 Å². The number of carboxylic acid groups (broad SMARTS) is 1. The number of thioether (sulfide) groups is 2. The van der Waals surface area contributed by atoms with Gasteiger partial charge in [-0.3, -0.25) is 9.69 Å². The summed E-state index contributed by atoms with van der Waals surface area (Å²) in [7, 11) is 1.63. The Bertz CT molecular complexity index is 662. The van der Waals surface area contributed by atoms with Gasteiger partial charge in [-0.05, 0) is 6.07 Å². The lowest BCUT2D eigenvalue weighted by Gasteiger charge is -2.36. The Morgan fingerprint density at radius 1 is 1.36 bits per heavy atom. The molecule has 25 heavy (non-hydrogen) atoms. The van der Waals surface area contributed by atoms with E-state index in [-0.39, 0.29) is 12.5 Å². The molecule has 3 heterocycles. The van der Waals surface area contributed by atoms with Gasteiger partial charge in [-0.15, -0.1) is 0 Å². The molecule has 2 saturated heterocycles. The maximum atomic E-state index is 12.2. The standard InChI is InChI=1S/C18H23NO4S2/c1-22-13-2-3-14-15-7-19(12-8-24-4-5-25-9-12)10-18(15,17(20)21)11-23-16(14)6-13/h2-3,6,12,15H,4-5,7-11H2,1H3,(H,20,21)/t15?,18-/m1/s1. The van der Waals surface area contributed by atoms with Crippen molar-refractivity contribution in [1.29, 1.82) is 0 Å². The number of methoxy groups -OCH3 is 1. The van der Waals surface area contributed by atoms with Gasteiger partial charge in [0.15, 0.2) is 0 Å². The molecule has 0 saturated carbocycles. The summed E-state index contributed by atoms with van der Waals surface area (Å²) in [5.41, 5.74) is 0.161. The summed E-state index contributed by atoms with van der Waals surface area (Å²) in [6, 6.07) is 6.21. The first-order valence-electron chi connectivity index (χ1n) is 8.58. The van der Waals surface area contributed by atoms with Gasteiger partial charge in [-0.1, -0.05) is 6.07 Å². The van der Waals surface area contributed by atoms with Crippen LogP contribution in [0.5, 0.6) is 11.5 Å². The maximum Gasteiger partial charge on any atom is 0.315 e. The lowest BCUT2D eigenvalue weighted by Crippen LogP contribution is -2.46. The molecule has 2 atom stereocenters. The number of aliphatic carboxylic acids is 1. The van der Waals surface area contributed by atoms with Crippen LogP contribution in [0.4, 0.5) is 0 Å². The maximum absolute atomic E-state index is 12.2. The Labute approximate surface area is 156 Å². The minimum Gasteiger partial charge on any atom is -0.497 e. The van der Waals surface area contributed by atoms with Crippen LogP contribution in [0.25, 0.3) is 0 Å². The van der Waals surface area contributed by atoms with Gasteiger partial charge in [0, 0.05) is 59.7 Å². The zero-order chi connectivity index (χ0) is 17.4. The van der Waals surface area contributed by atoms with E-state index in [4.69, 9.17) is 9.47 Å². The summed E-state index contributed by atoms with van der Waals surface area (Å²) in [5.74, 6) is 5.30. The number of carboxylic acids is 1. The molecule has 1 aromatic carbocycles. The second kappa shape index (κ2) is 6.93. The second-order valence-electron chi connectivity index (χ2n) is 6.94. The third-order valence-electron chi connectivity index (χ3n) is 5.59. The highest BCUT2D eigenvalue weighted by Gasteiger charge is 2.57. The van der Waals surface area contributed by atoms with Crippen molar-refractivity contribution in [3.05, 3.63) is 23.8 Å². The van der Waals surface area contributed by atoms with E-state index in [9.17, 15) is 9.90 Å². The average molecular weight is 382 g/mol. The average Bonchev–Trinajstić information content (AvgIpc) is 2.83. The number of nitrogens with zero attached hydrogens (tertiary/aromatic N) is 1. The molecule has 136 valence electrons. The topological polar surface area (TPSA) is 59.0 Å². The molecule has 0 spiro atoms. The highest BCUT2D eigenvalue weighted by Crippen LogP contribution is 2.51. The monoisotopic (exact) mass is 381 g/mol. The van der Waals surface area contributed by atoms with E-state index >= 15 is 0 Å². The van der Waals surface area contributed by atoms with Crippen molar-refractivity contribution in [1.82, 2.24) is 4.90 Å². The van der Waals surface area contributed by atoms with Gasteiger partial charge < -0.3 is 14.6 Å². The van der Waals surface area contributed by atoms with E-state index in [1.807, 2.05) is 41.7 Å². The van der Waals surface area contributed by atoms with Gasteiger partial charge in [0.1, 0.15) is 23.5 Å². The molecule has 0 bridgehead atoms. The number of ether oxygens (including phenoxy) is 2. The summed E-state index contributed by atoms with van der Waals surface area (Å²) in [6.07, 6.45) is 0. The van der Waals surface area contributed by atoms with Crippen LogP contribution in [-0.4, -0.2) is 71.8 Å². The highest BCUT2D eigenvalue weighted by molar-refractivity contribution is 8.03. The van der Waals surface area contributed by atoms with Gasteiger partial charge in [0.05, 0.1) is 7.11 Å². The zero-order valence-corrected chi connectivity index (χ0v) is 15.9. The normalized spacial score (nSPS) is 30.0. The Morgan fingerprint density at radius 2 is 2.12 bits per heavy atom. The SMILES string of the molecule is COc1ccc2c(c1)OC[C@]1(C(=O)O)CN(C3CSCCSC3)CC21. The fraction of sp³-hybridized carbons (Fsp3) is 0.611. The van der Waals surface area contributed by atoms with Crippen LogP contribution in [0, 0.1) is 5.41 Å². The molecule has 4 rings (SSSR count). The molecule has 1 N–H and O–H groups in total. The summed E-state index contributed by atoms with van der Waals surface area (Å²) in [5, 5.41) is 10.1. The van der Waals surface area contributed by atoms with E-state index in [2.05, 4.69) is 4.90 Å².